The molecule has 2 aliphatic heterocycles. The molecule has 2 aromatic carbocycles. The first kappa shape index (κ1) is 26.7. The summed E-state index contributed by atoms with van der Waals surface area (Å²) in [6.45, 7) is 7.89. The number of methoxy groups -OCH3 is 1. The highest BCUT2D eigenvalue weighted by atomic mass is 16.5. The van der Waals surface area contributed by atoms with Gasteiger partial charge in [0.25, 0.3) is 11.8 Å². The van der Waals surface area contributed by atoms with Crippen LogP contribution < -0.4 is 20.3 Å². The van der Waals surface area contributed by atoms with Gasteiger partial charge >= 0.3 is 0 Å². The van der Waals surface area contributed by atoms with Gasteiger partial charge in [-0.3, -0.25) is 14.4 Å². The smallest absolute Gasteiger partial charge is 0.255 e. The maximum atomic E-state index is 13.4. The van der Waals surface area contributed by atoms with Crippen LogP contribution in [-0.4, -0.2) is 62.0 Å². The van der Waals surface area contributed by atoms with Crippen LogP contribution in [0.5, 0.6) is 5.75 Å². The van der Waals surface area contributed by atoms with Crippen molar-refractivity contribution >= 4 is 29.1 Å². The van der Waals surface area contributed by atoms with Crippen molar-refractivity contribution in [3.8, 4) is 5.75 Å². The Morgan fingerprint density at radius 3 is 2.46 bits per heavy atom. The summed E-state index contributed by atoms with van der Waals surface area (Å²) in [5.41, 5.74) is 2.95. The van der Waals surface area contributed by atoms with E-state index in [4.69, 9.17) is 4.74 Å². The lowest BCUT2D eigenvalue weighted by Crippen LogP contribution is -2.44. The normalized spacial score (nSPS) is 16.6. The molecule has 8 heteroatoms. The summed E-state index contributed by atoms with van der Waals surface area (Å²) in [6, 6.07) is 10.8. The van der Waals surface area contributed by atoms with E-state index in [-0.39, 0.29) is 23.8 Å². The van der Waals surface area contributed by atoms with Crippen molar-refractivity contribution in [1.29, 1.82) is 0 Å². The van der Waals surface area contributed by atoms with Gasteiger partial charge in [-0.2, -0.15) is 0 Å². The van der Waals surface area contributed by atoms with E-state index in [1.807, 2.05) is 19.1 Å². The maximum absolute atomic E-state index is 13.4. The summed E-state index contributed by atoms with van der Waals surface area (Å²) in [4.78, 5) is 43.1. The van der Waals surface area contributed by atoms with Crippen LogP contribution in [0.2, 0.25) is 0 Å². The molecule has 0 radical (unpaired) electrons. The quantitative estimate of drug-likeness (QED) is 0.531. The number of hydrogen-bond donors (Lipinski definition) is 2. The molecule has 0 unspecified atom stereocenters. The Kier molecular flexibility index (Phi) is 8.82. The van der Waals surface area contributed by atoms with E-state index < -0.39 is 0 Å². The molecule has 37 heavy (non-hydrogen) atoms. The van der Waals surface area contributed by atoms with E-state index in [0.717, 1.165) is 57.3 Å². The average Bonchev–Trinajstić information content (AvgIpc) is 3.35. The van der Waals surface area contributed by atoms with Crippen molar-refractivity contribution in [2.75, 3.05) is 43.5 Å². The van der Waals surface area contributed by atoms with Crippen molar-refractivity contribution in [3.63, 3.8) is 0 Å². The number of nitrogens with one attached hydrogen (secondary N) is 2. The molecule has 0 spiro atoms. The Morgan fingerprint density at radius 1 is 1.03 bits per heavy atom. The van der Waals surface area contributed by atoms with E-state index in [2.05, 4.69) is 22.5 Å². The standard InChI is InChI=1S/C29H38N4O4/c1-4-12-32-14-10-22(11-15-32)30-29(36)25-16-20(5-2)8-9-26(25)31-28(35)21-17-23(19-24(18-21)37-3)33-13-6-7-27(33)34/h8-9,16-19,22H,4-7,10-15H2,1-3H3,(H,30,36)(H,31,35). The maximum Gasteiger partial charge on any atom is 0.255 e. The zero-order chi connectivity index (χ0) is 26.4. The van der Waals surface area contributed by atoms with Crippen LogP contribution in [0.15, 0.2) is 36.4 Å². The third-order valence-corrected chi connectivity index (χ3v) is 7.22. The highest BCUT2D eigenvalue weighted by Crippen LogP contribution is 2.28. The van der Waals surface area contributed by atoms with Crippen molar-refractivity contribution in [2.45, 2.75) is 58.4 Å². The van der Waals surface area contributed by atoms with Gasteiger partial charge in [0.05, 0.1) is 18.4 Å². The van der Waals surface area contributed by atoms with Gasteiger partial charge in [-0.25, -0.2) is 0 Å². The summed E-state index contributed by atoms with van der Waals surface area (Å²) < 4.78 is 5.40. The molecule has 2 heterocycles. The average molecular weight is 507 g/mol. The number of piperidine rings is 1. The molecule has 8 nitrogen and oxygen atoms in total. The van der Waals surface area contributed by atoms with Crippen LogP contribution in [-0.2, 0) is 11.2 Å². The summed E-state index contributed by atoms with van der Waals surface area (Å²) in [6.07, 6.45) is 5.04. The van der Waals surface area contributed by atoms with Crippen LogP contribution >= 0.6 is 0 Å². The van der Waals surface area contributed by atoms with E-state index in [0.29, 0.717) is 41.2 Å². The highest BCUT2D eigenvalue weighted by molar-refractivity contribution is 6.10. The number of ether oxygens (including phenoxy) is 1. The fourth-order valence-electron chi connectivity index (χ4n) is 5.09. The minimum Gasteiger partial charge on any atom is -0.497 e. The number of likely N-dealkylation sites (tertiary alicyclic amines) is 1. The SMILES string of the molecule is CCCN1CCC(NC(=O)c2cc(CC)ccc2NC(=O)c2cc(OC)cc(N3CCCC3=O)c2)CC1. The van der Waals surface area contributed by atoms with Gasteiger partial charge < -0.3 is 25.2 Å². The molecule has 2 aromatic rings. The Morgan fingerprint density at radius 2 is 1.81 bits per heavy atom. The summed E-state index contributed by atoms with van der Waals surface area (Å²) >= 11 is 0. The number of hydrogen-bond acceptors (Lipinski definition) is 5. The lowest BCUT2D eigenvalue weighted by atomic mass is 10.0. The number of benzene rings is 2. The highest BCUT2D eigenvalue weighted by Gasteiger charge is 2.25. The Balaban J connectivity index is 1.53. The minimum absolute atomic E-state index is 0.0363. The van der Waals surface area contributed by atoms with Crippen LogP contribution in [0.3, 0.4) is 0 Å². The van der Waals surface area contributed by atoms with Gasteiger partial charge in [0, 0.05) is 49.4 Å². The van der Waals surface area contributed by atoms with Crippen LogP contribution in [0.25, 0.3) is 0 Å². The Bertz CT molecular complexity index is 1140. The van der Waals surface area contributed by atoms with Crippen molar-refractivity contribution in [1.82, 2.24) is 10.2 Å². The van der Waals surface area contributed by atoms with Crippen molar-refractivity contribution in [2.24, 2.45) is 0 Å². The molecule has 2 fully saturated rings. The van der Waals surface area contributed by atoms with Crippen LogP contribution in [0.4, 0.5) is 11.4 Å². The second-order valence-electron chi connectivity index (χ2n) is 9.85. The molecule has 198 valence electrons. The zero-order valence-corrected chi connectivity index (χ0v) is 22.1. The monoisotopic (exact) mass is 506 g/mol. The van der Waals surface area contributed by atoms with Crippen molar-refractivity contribution < 1.29 is 19.1 Å². The number of carbonyl (C=O) groups is 3. The van der Waals surface area contributed by atoms with Gasteiger partial charge in [-0.15, -0.1) is 0 Å². The number of amides is 3. The first-order chi connectivity index (χ1) is 17.9. The number of anilines is 2. The van der Waals surface area contributed by atoms with E-state index in [1.165, 1.54) is 7.11 Å². The lowest BCUT2D eigenvalue weighted by molar-refractivity contribution is -0.117. The lowest BCUT2D eigenvalue weighted by Gasteiger charge is -2.32. The molecule has 0 aliphatic carbocycles. The van der Waals surface area contributed by atoms with Crippen molar-refractivity contribution in [3.05, 3.63) is 53.1 Å². The molecule has 2 saturated heterocycles. The molecule has 0 saturated carbocycles. The van der Waals surface area contributed by atoms with Crippen LogP contribution in [0, 0.1) is 0 Å². The zero-order valence-electron chi connectivity index (χ0n) is 22.1. The van der Waals surface area contributed by atoms with Gasteiger partial charge in [-0.1, -0.05) is 19.9 Å². The van der Waals surface area contributed by atoms with Gasteiger partial charge in [0.2, 0.25) is 5.91 Å². The largest absolute Gasteiger partial charge is 0.497 e. The molecule has 0 aromatic heterocycles. The topological polar surface area (TPSA) is 91.0 Å². The minimum atomic E-state index is -0.363. The predicted molar refractivity (Wildman–Crippen MR) is 146 cm³/mol. The third-order valence-electron chi connectivity index (χ3n) is 7.22. The Labute approximate surface area is 219 Å². The third kappa shape index (κ3) is 6.49. The number of aryl methyl sites for hydroxylation is 1. The first-order valence-corrected chi connectivity index (χ1v) is 13.4. The van der Waals surface area contributed by atoms with Gasteiger partial charge in [-0.05, 0) is 68.5 Å². The number of rotatable bonds is 9. The molecule has 2 aliphatic rings. The Hall–Kier alpha value is -3.39. The van der Waals surface area contributed by atoms with E-state index in [1.54, 1.807) is 29.2 Å². The molecule has 3 amide bonds. The molecule has 0 bridgehead atoms. The summed E-state index contributed by atoms with van der Waals surface area (Å²) in [5.74, 6) is -0.00295. The second kappa shape index (κ2) is 12.2. The number of nitrogens with zero attached hydrogens (tertiary/aromatic N) is 2. The molecular weight excluding hydrogens is 468 g/mol. The number of carbonyl (C=O) groups excluding carboxylic acids is 3. The molecule has 2 N–H and O–H groups in total. The van der Waals surface area contributed by atoms with Crippen LogP contribution in [0.1, 0.15) is 72.2 Å². The molecule has 0 atom stereocenters. The second-order valence-corrected chi connectivity index (χ2v) is 9.85. The van der Waals surface area contributed by atoms with E-state index in [9.17, 15) is 14.4 Å². The van der Waals surface area contributed by atoms with Gasteiger partial charge in [0.1, 0.15) is 5.75 Å². The predicted octanol–water partition coefficient (Wildman–Crippen LogP) is 4.24. The summed E-state index contributed by atoms with van der Waals surface area (Å²) in [7, 11) is 1.53. The molecular formula is C29H38N4O4. The molecule has 4 rings (SSSR count). The summed E-state index contributed by atoms with van der Waals surface area (Å²) in [5, 5.41) is 6.12. The fraction of sp³-hybridized carbons (Fsp3) is 0.483. The first-order valence-electron chi connectivity index (χ1n) is 13.4. The van der Waals surface area contributed by atoms with E-state index >= 15 is 0 Å². The van der Waals surface area contributed by atoms with Gasteiger partial charge in [0.15, 0.2) is 0 Å². The fourth-order valence-corrected chi connectivity index (χ4v) is 5.09.